The number of benzene rings is 4. The van der Waals surface area contributed by atoms with Gasteiger partial charge in [-0.3, -0.25) is 9.78 Å². The van der Waals surface area contributed by atoms with Crippen molar-refractivity contribution in [3.05, 3.63) is 265 Å². The second kappa shape index (κ2) is 44.5. The second-order valence-corrected chi connectivity index (χ2v) is 23.0. The molecule has 0 bridgehead atoms. The van der Waals surface area contributed by atoms with Crippen LogP contribution in [0.4, 0.5) is 8.78 Å². The molecule has 0 spiro atoms. The van der Waals surface area contributed by atoms with Crippen molar-refractivity contribution in [2.24, 2.45) is 0 Å². The number of pyridine rings is 5. The number of hydrogen-bond acceptors (Lipinski definition) is 18. The number of methoxy groups -OCH3 is 3. The number of aromatic carboxylic acids is 1. The lowest BCUT2D eigenvalue weighted by Gasteiger charge is -2.28. The van der Waals surface area contributed by atoms with Crippen LogP contribution in [0.25, 0.3) is 0 Å². The van der Waals surface area contributed by atoms with Crippen molar-refractivity contribution in [3.63, 3.8) is 0 Å². The van der Waals surface area contributed by atoms with E-state index in [2.05, 4.69) is 60.4 Å². The van der Waals surface area contributed by atoms with Crippen LogP contribution in [0.5, 0.6) is 23.0 Å². The van der Waals surface area contributed by atoms with Gasteiger partial charge >= 0.3 is 23.9 Å². The number of carboxylic acids is 1. The molecule has 4 aromatic carbocycles. The van der Waals surface area contributed by atoms with Crippen molar-refractivity contribution < 1.29 is 71.4 Å². The Morgan fingerprint density at radius 2 is 0.818 bits per heavy atom. The number of phenols is 1. The molecule has 3 N–H and O–H groups in total. The number of likely N-dealkylation sites (tertiary alicyclic amines) is 1. The fourth-order valence-corrected chi connectivity index (χ4v) is 9.09. The number of hydrogen-bond donors (Lipinski definition) is 3. The molecule has 9 aromatic rings. The Kier molecular flexibility index (Phi) is 36.1. The number of carbonyl (C=O) groups excluding carboxylic acids is 4. The summed E-state index contributed by atoms with van der Waals surface area (Å²) in [7, 11) is 3.99. The molecule has 0 radical (unpaired) electrons. The Morgan fingerprint density at radius 1 is 0.475 bits per heavy atom. The standard InChI is InChI=1S/C18H18ClFN2O2.C14H12ClNO3.C13H10ClNO3.C8H8BrNO2.C8H9NO2.C6H5ClO.C5H10FN/c19-15-3-1-2-4-17(15)24-12-13-5-6-16(21-11-13)18(23)22-9-7-14(20)8-10-22;1-18-14(17)12-7-6-10(8-16-12)9-19-13-5-3-2-4-11(13)15;14-10-3-1-2-4-12(10)18-8-9-5-6-11(13(16)17)15-7-9;1-12-8(11)7-3-2-6(4-9)5-10-7;1-6-3-4-7(9-5-6)8(10)11-2;7-5-3-1-2-4-6(5)8;6-5-1-3-7-4-2-5/h1-6,11,14H,7-10,12H2;2-8H,9H2,1H3;1-7H,8H2,(H,16,17);2-3,5H,4H2,1H3;3-5H,1-2H3;1-4,8H;5,7H,1-4H2. The highest BCUT2D eigenvalue weighted by Crippen LogP contribution is 2.27. The number of amides is 1. The maximum Gasteiger partial charge on any atom is 0.356 e. The van der Waals surface area contributed by atoms with E-state index in [1.54, 1.807) is 133 Å². The van der Waals surface area contributed by atoms with Crippen molar-refractivity contribution in [1.82, 2.24) is 35.1 Å². The number of phenolic OH excluding ortho intramolecular Hbond substituents is 1. The number of carboxylic acid groups (broad SMARTS) is 1. The molecule has 7 heterocycles. The summed E-state index contributed by atoms with van der Waals surface area (Å²) in [6.07, 6.45) is 8.82. The monoisotopic (exact) mass is 1500 g/mol. The summed E-state index contributed by atoms with van der Waals surface area (Å²) >= 11 is 26.7. The number of rotatable bonds is 15. The number of halogens is 7. The summed E-state index contributed by atoms with van der Waals surface area (Å²) < 4.78 is 55.5. The lowest BCUT2D eigenvalue weighted by Crippen LogP contribution is -2.39. The third-order valence-corrected chi connectivity index (χ3v) is 15.4. The van der Waals surface area contributed by atoms with Gasteiger partial charge in [0.05, 0.1) is 41.4 Å². The van der Waals surface area contributed by atoms with Gasteiger partial charge in [0.15, 0.2) is 0 Å². The largest absolute Gasteiger partial charge is 0.506 e. The maximum absolute atomic E-state index is 13.2. The molecule has 20 nitrogen and oxygen atoms in total. The number of aromatic nitrogens is 5. The molecule has 27 heteroatoms. The first-order valence-corrected chi connectivity index (χ1v) is 33.0. The molecule has 5 aromatic heterocycles. The van der Waals surface area contributed by atoms with Crippen molar-refractivity contribution in [2.45, 2.75) is 70.1 Å². The van der Waals surface area contributed by atoms with Gasteiger partial charge in [0.2, 0.25) is 0 Å². The predicted octanol–water partition coefficient (Wildman–Crippen LogP) is 15.7. The normalized spacial score (nSPS) is 12.2. The van der Waals surface area contributed by atoms with Crippen LogP contribution in [0, 0.1) is 6.92 Å². The molecule has 0 atom stereocenters. The van der Waals surface area contributed by atoms with Crippen LogP contribution in [0.3, 0.4) is 0 Å². The number of alkyl halides is 3. The Bertz CT molecular complexity index is 3900. The summed E-state index contributed by atoms with van der Waals surface area (Å²) in [5.74, 6) is -0.529. The highest BCUT2D eigenvalue weighted by atomic mass is 79.9. The van der Waals surface area contributed by atoms with E-state index in [0.29, 0.717) is 106 Å². The first-order chi connectivity index (χ1) is 47.7. The molecule has 0 aliphatic carbocycles. The van der Waals surface area contributed by atoms with Gasteiger partial charge in [-0.25, -0.2) is 47.9 Å². The topological polar surface area (TPSA) is 261 Å². The van der Waals surface area contributed by atoms with Crippen LogP contribution in [-0.4, -0.2) is 130 Å². The number of piperidine rings is 2. The Hall–Kier alpha value is -9.36. The Labute approximate surface area is 600 Å². The van der Waals surface area contributed by atoms with Crippen molar-refractivity contribution in [2.75, 3.05) is 47.5 Å². The highest BCUT2D eigenvalue weighted by Gasteiger charge is 2.24. The first kappa shape index (κ1) is 80.3. The molecule has 0 saturated carbocycles. The van der Waals surface area contributed by atoms with Crippen LogP contribution in [0.2, 0.25) is 20.1 Å². The van der Waals surface area contributed by atoms with Gasteiger partial charge in [-0.15, -0.1) is 0 Å². The quantitative estimate of drug-likeness (QED) is 0.0489. The van der Waals surface area contributed by atoms with E-state index in [-0.39, 0.29) is 29.7 Å². The van der Waals surface area contributed by atoms with Crippen LogP contribution in [-0.2, 0) is 39.4 Å². The van der Waals surface area contributed by atoms with E-state index in [1.807, 2.05) is 55.5 Å². The van der Waals surface area contributed by atoms with Gasteiger partial charge in [-0.2, -0.15) is 0 Å². The van der Waals surface area contributed by atoms with Gasteiger partial charge in [-0.1, -0.05) is 141 Å². The number of nitrogens with zero attached hydrogens (tertiary/aromatic N) is 6. The number of carbonyl (C=O) groups is 5. The SMILES string of the molecule is COC(=O)c1ccc(C)cn1.COC(=O)c1ccc(CBr)cn1.COC(=O)c1ccc(COc2ccccc2Cl)cn1.FC1CCNCC1.O=C(O)c1ccc(COc2ccccc2Cl)cn1.O=C(c1ccc(COc2ccccc2Cl)cn1)N1CCC(F)CC1.Oc1ccccc1Cl. The maximum atomic E-state index is 13.2. The minimum atomic E-state index is -1.05. The van der Waals surface area contributed by atoms with Gasteiger partial charge in [-0.05, 0) is 136 Å². The van der Waals surface area contributed by atoms with Gasteiger partial charge in [0.25, 0.3) is 5.91 Å². The average molecular weight is 1500 g/mol. The van der Waals surface area contributed by atoms with E-state index in [9.17, 15) is 32.8 Å². The Balaban J connectivity index is 0.000000216. The molecule has 0 unspecified atom stereocenters. The number of nitrogens with one attached hydrogen (secondary N) is 1. The number of aromatic hydroxyl groups is 1. The lowest BCUT2D eigenvalue weighted by atomic mass is 10.1. The van der Waals surface area contributed by atoms with E-state index in [0.717, 1.165) is 46.2 Å². The summed E-state index contributed by atoms with van der Waals surface area (Å²) in [4.78, 5) is 77.4. The summed E-state index contributed by atoms with van der Waals surface area (Å²) in [5, 5.41) is 23.3. The zero-order chi connectivity index (χ0) is 71.9. The van der Waals surface area contributed by atoms with Gasteiger partial charge in [0.1, 0.15) is 83.6 Å². The van der Waals surface area contributed by atoms with Crippen molar-refractivity contribution in [3.8, 4) is 23.0 Å². The van der Waals surface area contributed by atoms with E-state index in [4.69, 9.17) is 70.8 Å². The number of esters is 3. The zero-order valence-corrected chi connectivity index (χ0v) is 58.9. The van der Waals surface area contributed by atoms with E-state index >= 15 is 0 Å². The molecule has 11 rings (SSSR count). The third-order valence-electron chi connectivity index (χ3n) is 13.5. The fraction of sp³-hybridized carbons (Fsp3) is 0.250. The molecule has 2 fully saturated rings. The zero-order valence-electron chi connectivity index (χ0n) is 54.3. The second-order valence-electron chi connectivity index (χ2n) is 20.8. The molecule has 2 saturated heterocycles. The number of ether oxygens (including phenoxy) is 6. The van der Waals surface area contributed by atoms with Crippen molar-refractivity contribution >= 4 is 92.1 Å². The minimum Gasteiger partial charge on any atom is -0.506 e. The lowest BCUT2D eigenvalue weighted by molar-refractivity contribution is 0.0585. The molecular formula is C72H72BrCl4F2N7O13. The number of para-hydroxylation sites is 4. The van der Waals surface area contributed by atoms with E-state index in [1.165, 1.54) is 33.6 Å². The first-order valence-electron chi connectivity index (χ1n) is 30.3. The van der Waals surface area contributed by atoms with E-state index < -0.39 is 36.2 Å². The molecule has 99 heavy (non-hydrogen) atoms. The fourth-order valence-electron chi connectivity index (χ4n) is 8.05. The van der Waals surface area contributed by atoms with Crippen LogP contribution in [0.15, 0.2) is 189 Å². The third kappa shape index (κ3) is 29.7. The Morgan fingerprint density at radius 3 is 1.12 bits per heavy atom. The summed E-state index contributed by atoms with van der Waals surface area (Å²) in [5.41, 5.74) is 5.84. The highest BCUT2D eigenvalue weighted by molar-refractivity contribution is 9.08. The molecule has 2 aliphatic rings. The predicted molar refractivity (Wildman–Crippen MR) is 377 cm³/mol. The molecule has 2 aliphatic heterocycles. The van der Waals surface area contributed by atoms with Crippen LogP contribution >= 0.6 is 62.3 Å². The van der Waals surface area contributed by atoms with Gasteiger partial charge < -0.3 is 48.9 Å². The van der Waals surface area contributed by atoms with Crippen LogP contribution in [0.1, 0.15) is 106 Å². The minimum absolute atomic E-state index is 0.0106. The summed E-state index contributed by atoms with van der Waals surface area (Å²) in [6, 6.07) is 45.2. The van der Waals surface area contributed by atoms with Crippen molar-refractivity contribution in [1.29, 1.82) is 0 Å². The molecule has 1 amide bonds. The molecule has 522 valence electrons. The number of aryl methyl sites for hydroxylation is 1. The molecular weight excluding hydrogens is 1430 g/mol. The van der Waals surface area contributed by atoms with Crippen LogP contribution < -0.4 is 19.5 Å². The summed E-state index contributed by atoms with van der Waals surface area (Å²) in [6.45, 7) is 5.46. The average Bonchev–Trinajstić information content (AvgIpc) is 0.905. The smallest absolute Gasteiger partial charge is 0.356 e. The van der Waals surface area contributed by atoms with Gasteiger partial charge in [0, 0.05) is 66.1 Å².